The van der Waals surface area contributed by atoms with Gasteiger partial charge in [-0.1, -0.05) is 0 Å². The van der Waals surface area contributed by atoms with Crippen LogP contribution in [0.15, 0.2) is 29.0 Å². The lowest BCUT2D eigenvalue weighted by Crippen LogP contribution is -2.46. The molecule has 0 aromatic carbocycles. The van der Waals surface area contributed by atoms with E-state index in [2.05, 4.69) is 15.3 Å². The largest absolute Gasteiger partial charge is 0.459 e. The number of rotatable bonds is 3. The summed E-state index contributed by atoms with van der Waals surface area (Å²) >= 11 is 0. The fourth-order valence-electron chi connectivity index (χ4n) is 2.85. The summed E-state index contributed by atoms with van der Waals surface area (Å²) in [6, 6.07) is 3.40. The lowest BCUT2D eigenvalue weighted by Gasteiger charge is -2.31. The van der Waals surface area contributed by atoms with E-state index in [9.17, 15) is 9.59 Å². The third kappa shape index (κ3) is 3.45. The molecule has 24 heavy (non-hydrogen) atoms. The Morgan fingerprint density at radius 1 is 1.29 bits per heavy atom. The molecule has 0 atom stereocenters. The Morgan fingerprint density at radius 2 is 2.04 bits per heavy atom. The Labute approximate surface area is 140 Å². The predicted octanol–water partition coefficient (Wildman–Crippen LogP) is 1.72. The monoisotopic (exact) mass is 328 g/mol. The van der Waals surface area contributed by atoms with Gasteiger partial charge in [-0.05, 0) is 38.8 Å². The first-order chi connectivity index (χ1) is 11.5. The molecule has 1 fully saturated rings. The number of nitrogens with zero attached hydrogens (tertiary/aromatic N) is 3. The number of piperidine rings is 1. The van der Waals surface area contributed by atoms with Crippen LogP contribution in [0.25, 0.3) is 0 Å². The number of hydrogen-bond donors (Lipinski definition) is 1. The fraction of sp³-hybridized carbons (Fsp3) is 0.412. The molecule has 0 spiro atoms. The van der Waals surface area contributed by atoms with Gasteiger partial charge in [-0.25, -0.2) is 9.97 Å². The molecule has 1 N–H and O–H groups in total. The molecule has 0 radical (unpaired) electrons. The highest BCUT2D eigenvalue weighted by atomic mass is 16.3. The second-order valence-corrected chi connectivity index (χ2v) is 5.93. The van der Waals surface area contributed by atoms with Crippen molar-refractivity contribution in [2.75, 3.05) is 13.1 Å². The third-order valence-electron chi connectivity index (χ3n) is 4.19. The topological polar surface area (TPSA) is 88.3 Å². The Morgan fingerprint density at radius 3 is 2.67 bits per heavy atom. The van der Waals surface area contributed by atoms with Crippen LogP contribution in [0.5, 0.6) is 0 Å². The van der Waals surface area contributed by atoms with E-state index in [0.717, 1.165) is 0 Å². The van der Waals surface area contributed by atoms with Crippen molar-refractivity contribution in [3.63, 3.8) is 0 Å². The van der Waals surface area contributed by atoms with Gasteiger partial charge in [0.05, 0.1) is 17.5 Å². The van der Waals surface area contributed by atoms with Crippen LogP contribution < -0.4 is 5.32 Å². The van der Waals surface area contributed by atoms with Crippen LogP contribution in [0.3, 0.4) is 0 Å². The van der Waals surface area contributed by atoms with Crippen LogP contribution in [-0.4, -0.2) is 45.8 Å². The molecule has 3 heterocycles. The number of aryl methyl sites for hydroxylation is 2. The van der Waals surface area contributed by atoms with E-state index in [4.69, 9.17) is 4.42 Å². The van der Waals surface area contributed by atoms with Crippen molar-refractivity contribution >= 4 is 11.8 Å². The van der Waals surface area contributed by atoms with Crippen molar-refractivity contribution in [3.05, 3.63) is 47.4 Å². The number of amides is 2. The molecule has 1 aliphatic rings. The Hall–Kier alpha value is -2.70. The molecule has 0 aliphatic carbocycles. The number of likely N-dealkylation sites (tertiary alicyclic amines) is 1. The van der Waals surface area contributed by atoms with Crippen molar-refractivity contribution in [2.24, 2.45) is 0 Å². The van der Waals surface area contributed by atoms with E-state index in [-0.39, 0.29) is 17.9 Å². The van der Waals surface area contributed by atoms with Gasteiger partial charge in [-0.3, -0.25) is 9.59 Å². The van der Waals surface area contributed by atoms with Crippen molar-refractivity contribution in [1.29, 1.82) is 0 Å². The van der Waals surface area contributed by atoms with Crippen molar-refractivity contribution in [2.45, 2.75) is 32.7 Å². The minimum atomic E-state index is -0.164. The minimum absolute atomic E-state index is 0.0406. The van der Waals surface area contributed by atoms with E-state index in [0.29, 0.717) is 48.8 Å². The number of carbonyl (C=O) groups excluding carboxylic acids is 2. The summed E-state index contributed by atoms with van der Waals surface area (Å²) in [6.45, 7) is 4.77. The van der Waals surface area contributed by atoms with E-state index in [1.165, 1.54) is 6.26 Å². The summed E-state index contributed by atoms with van der Waals surface area (Å²) in [6.07, 6.45) is 4.47. The summed E-state index contributed by atoms with van der Waals surface area (Å²) in [5.41, 5.74) is 1.17. The maximum Gasteiger partial charge on any atom is 0.289 e. The SMILES string of the molecule is Cc1ncc(C(=O)NC2CCN(C(=O)c3ccco3)CC2)c(C)n1. The number of aromatic nitrogens is 2. The van der Waals surface area contributed by atoms with Gasteiger partial charge < -0.3 is 14.6 Å². The zero-order chi connectivity index (χ0) is 17.1. The second-order valence-electron chi connectivity index (χ2n) is 5.93. The van der Waals surface area contributed by atoms with Crippen LogP contribution in [0.1, 0.15) is 45.3 Å². The second kappa shape index (κ2) is 6.82. The van der Waals surface area contributed by atoms with E-state index >= 15 is 0 Å². The van der Waals surface area contributed by atoms with E-state index in [1.54, 1.807) is 37.1 Å². The number of hydrogen-bond acceptors (Lipinski definition) is 5. The smallest absolute Gasteiger partial charge is 0.289 e. The number of furan rings is 1. The van der Waals surface area contributed by atoms with Crippen LogP contribution in [0.2, 0.25) is 0 Å². The van der Waals surface area contributed by atoms with Gasteiger partial charge in [0, 0.05) is 25.3 Å². The number of nitrogens with one attached hydrogen (secondary N) is 1. The minimum Gasteiger partial charge on any atom is -0.459 e. The quantitative estimate of drug-likeness (QED) is 0.927. The van der Waals surface area contributed by atoms with Crippen LogP contribution in [-0.2, 0) is 0 Å². The maximum absolute atomic E-state index is 12.4. The molecule has 7 nitrogen and oxygen atoms in total. The molecule has 0 bridgehead atoms. The average molecular weight is 328 g/mol. The van der Waals surface area contributed by atoms with Crippen LogP contribution in [0.4, 0.5) is 0 Å². The molecule has 1 aliphatic heterocycles. The first kappa shape index (κ1) is 16.2. The molecular formula is C17H20N4O3. The molecule has 7 heteroatoms. The molecule has 2 aromatic heterocycles. The molecule has 2 aromatic rings. The molecule has 126 valence electrons. The summed E-state index contributed by atoms with van der Waals surface area (Å²) in [7, 11) is 0. The molecule has 0 unspecified atom stereocenters. The standard InChI is InChI=1S/C17H20N4O3/c1-11-14(10-18-12(2)19-11)16(22)20-13-5-7-21(8-6-13)17(23)15-4-3-9-24-15/h3-4,9-10,13H,5-8H2,1-2H3,(H,20,22). The zero-order valence-electron chi connectivity index (χ0n) is 13.8. The molecular weight excluding hydrogens is 308 g/mol. The summed E-state index contributed by atoms with van der Waals surface area (Å²) in [5, 5.41) is 3.01. The zero-order valence-corrected chi connectivity index (χ0v) is 13.8. The van der Waals surface area contributed by atoms with Gasteiger partial charge in [-0.2, -0.15) is 0 Å². The summed E-state index contributed by atoms with van der Waals surface area (Å²) in [5.74, 6) is 0.731. The average Bonchev–Trinajstić information content (AvgIpc) is 3.09. The van der Waals surface area contributed by atoms with E-state index < -0.39 is 0 Å². The Balaban J connectivity index is 1.55. The van der Waals surface area contributed by atoms with Gasteiger partial charge in [-0.15, -0.1) is 0 Å². The van der Waals surface area contributed by atoms with Crippen LogP contribution >= 0.6 is 0 Å². The molecule has 0 saturated carbocycles. The van der Waals surface area contributed by atoms with Gasteiger partial charge in [0.25, 0.3) is 11.8 Å². The van der Waals surface area contributed by atoms with Crippen molar-refractivity contribution < 1.29 is 14.0 Å². The fourth-order valence-corrected chi connectivity index (χ4v) is 2.85. The van der Waals surface area contributed by atoms with Gasteiger partial charge in [0.15, 0.2) is 5.76 Å². The molecule has 1 saturated heterocycles. The Bertz CT molecular complexity index is 734. The number of carbonyl (C=O) groups is 2. The van der Waals surface area contributed by atoms with Crippen molar-refractivity contribution in [1.82, 2.24) is 20.2 Å². The normalized spacial score (nSPS) is 15.3. The maximum atomic E-state index is 12.4. The lowest BCUT2D eigenvalue weighted by molar-refractivity contribution is 0.0667. The highest BCUT2D eigenvalue weighted by Crippen LogP contribution is 2.15. The van der Waals surface area contributed by atoms with Gasteiger partial charge in [0.2, 0.25) is 0 Å². The third-order valence-corrected chi connectivity index (χ3v) is 4.19. The molecule has 3 rings (SSSR count). The first-order valence-corrected chi connectivity index (χ1v) is 7.98. The summed E-state index contributed by atoms with van der Waals surface area (Å²) < 4.78 is 5.15. The highest BCUT2D eigenvalue weighted by Gasteiger charge is 2.26. The highest BCUT2D eigenvalue weighted by molar-refractivity contribution is 5.95. The lowest BCUT2D eigenvalue weighted by atomic mass is 10.0. The Kier molecular flexibility index (Phi) is 4.59. The van der Waals surface area contributed by atoms with Crippen LogP contribution in [0, 0.1) is 13.8 Å². The summed E-state index contributed by atoms with van der Waals surface area (Å²) in [4.78, 5) is 34.6. The molecule has 2 amide bonds. The predicted molar refractivity (Wildman–Crippen MR) is 86.6 cm³/mol. The first-order valence-electron chi connectivity index (χ1n) is 7.98. The van der Waals surface area contributed by atoms with Gasteiger partial charge in [0.1, 0.15) is 5.82 Å². The van der Waals surface area contributed by atoms with E-state index in [1.807, 2.05) is 0 Å². The van der Waals surface area contributed by atoms with Crippen molar-refractivity contribution in [3.8, 4) is 0 Å². The van der Waals surface area contributed by atoms with Gasteiger partial charge >= 0.3 is 0 Å².